The standard InChI is InChI=1S/C15H17FN4/c1-11(2)10-20-15(14(9-17)18-19-20)8-5-12-3-6-13(16)7-4-12/h3-8H,1,9-10,17H2,2H3/b8-5+. The quantitative estimate of drug-likeness (QED) is 0.851. The fourth-order valence-corrected chi connectivity index (χ4v) is 1.81. The topological polar surface area (TPSA) is 56.7 Å². The highest BCUT2D eigenvalue weighted by atomic mass is 19.1. The van der Waals surface area contributed by atoms with Gasteiger partial charge in [0.15, 0.2) is 0 Å². The van der Waals surface area contributed by atoms with Gasteiger partial charge in [-0.05, 0) is 30.7 Å². The molecule has 0 radical (unpaired) electrons. The summed E-state index contributed by atoms with van der Waals surface area (Å²) in [5, 5.41) is 8.12. The minimum absolute atomic E-state index is 0.251. The van der Waals surface area contributed by atoms with Crippen LogP contribution in [-0.4, -0.2) is 15.0 Å². The number of rotatable bonds is 5. The van der Waals surface area contributed by atoms with Crippen molar-refractivity contribution in [3.05, 3.63) is 59.2 Å². The van der Waals surface area contributed by atoms with Crippen LogP contribution in [0.1, 0.15) is 23.9 Å². The Morgan fingerprint density at radius 3 is 2.65 bits per heavy atom. The summed E-state index contributed by atoms with van der Waals surface area (Å²) in [6, 6.07) is 6.27. The van der Waals surface area contributed by atoms with Crippen molar-refractivity contribution in [2.24, 2.45) is 5.73 Å². The molecule has 0 spiro atoms. The van der Waals surface area contributed by atoms with E-state index in [-0.39, 0.29) is 5.82 Å². The highest BCUT2D eigenvalue weighted by Gasteiger charge is 2.08. The van der Waals surface area contributed by atoms with Crippen LogP contribution in [-0.2, 0) is 13.1 Å². The van der Waals surface area contributed by atoms with E-state index >= 15 is 0 Å². The number of hydrogen-bond donors (Lipinski definition) is 1. The number of nitrogens with zero attached hydrogens (tertiary/aromatic N) is 3. The third-order valence-electron chi connectivity index (χ3n) is 2.76. The van der Waals surface area contributed by atoms with Crippen LogP contribution < -0.4 is 5.73 Å². The second-order valence-electron chi connectivity index (χ2n) is 4.63. The molecular weight excluding hydrogens is 255 g/mol. The Hall–Kier alpha value is -2.27. The summed E-state index contributed by atoms with van der Waals surface area (Å²) in [4.78, 5) is 0. The molecule has 0 aliphatic heterocycles. The summed E-state index contributed by atoms with van der Waals surface area (Å²) in [7, 11) is 0. The summed E-state index contributed by atoms with van der Waals surface area (Å²) in [6.07, 6.45) is 3.77. The summed E-state index contributed by atoms with van der Waals surface area (Å²) in [6.45, 7) is 6.71. The van der Waals surface area contributed by atoms with Crippen LogP contribution in [0.3, 0.4) is 0 Å². The molecule has 0 atom stereocenters. The lowest BCUT2D eigenvalue weighted by Crippen LogP contribution is -2.05. The fraction of sp³-hybridized carbons (Fsp3) is 0.200. The zero-order valence-corrected chi connectivity index (χ0v) is 11.4. The Balaban J connectivity index is 2.28. The Bertz CT molecular complexity index is 626. The van der Waals surface area contributed by atoms with E-state index < -0.39 is 0 Å². The first kappa shape index (κ1) is 14.1. The maximum Gasteiger partial charge on any atom is 0.123 e. The van der Waals surface area contributed by atoms with Gasteiger partial charge in [0.1, 0.15) is 11.5 Å². The maximum absolute atomic E-state index is 12.9. The second-order valence-corrected chi connectivity index (χ2v) is 4.63. The first-order valence-corrected chi connectivity index (χ1v) is 6.30. The van der Waals surface area contributed by atoms with Crippen LogP contribution >= 0.6 is 0 Å². The van der Waals surface area contributed by atoms with Crippen molar-refractivity contribution >= 4 is 12.2 Å². The number of aromatic nitrogens is 3. The Kier molecular flexibility index (Phi) is 4.42. The molecule has 20 heavy (non-hydrogen) atoms. The normalized spacial score (nSPS) is 11.2. The lowest BCUT2D eigenvalue weighted by molar-refractivity contribution is 0.627. The van der Waals surface area contributed by atoms with E-state index in [0.29, 0.717) is 13.1 Å². The second kappa shape index (κ2) is 6.25. The van der Waals surface area contributed by atoms with Gasteiger partial charge in [0, 0.05) is 6.54 Å². The molecule has 0 unspecified atom stereocenters. The number of benzene rings is 1. The van der Waals surface area contributed by atoms with E-state index in [9.17, 15) is 4.39 Å². The van der Waals surface area contributed by atoms with Crippen LogP contribution in [0, 0.1) is 5.82 Å². The number of halogens is 1. The van der Waals surface area contributed by atoms with Gasteiger partial charge in [-0.2, -0.15) is 0 Å². The Morgan fingerprint density at radius 1 is 1.35 bits per heavy atom. The van der Waals surface area contributed by atoms with Gasteiger partial charge in [0.2, 0.25) is 0 Å². The van der Waals surface area contributed by atoms with Gasteiger partial charge in [0.05, 0.1) is 12.2 Å². The molecule has 2 aromatic rings. The van der Waals surface area contributed by atoms with E-state index in [1.807, 2.05) is 19.1 Å². The average Bonchev–Trinajstić information content (AvgIpc) is 2.79. The molecule has 1 heterocycles. The summed E-state index contributed by atoms with van der Waals surface area (Å²) in [5.74, 6) is -0.251. The van der Waals surface area contributed by atoms with Crippen LogP contribution in [0.25, 0.3) is 12.2 Å². The van der Waals surface area contributed by atoms with Crippen molar-refractivity contribution in [2.45, 2.75) is 20.0 Å². The average molecular weight is 272 g/mol. The first-order chi connectivity index (χ1) is 9.60. The van der Waals surface area contributed by atoms with Crippen LogP contribution in [0.2, 0.25) is 0 Å². The molecule has 104 valence electrons. The number of hydrogen-bond acceptors (Lipinski definition) is 3. The molecule has 0 fully saturated rings. The molecule has 0 saturated heterocycles. The number of allylic oxidation sites excluding steroid dienone is 1. The van der Waals surface area contributed by atoms with E-state index in [1.165, 1.54) is 12.1 Å². The molecule has 2 N–H and O–H groups in total. The zero-order valence-electron chi connectivity index (χ0n) is 11.4. The summed E-state index contributed by atoms with van der Waals surface area (Å²) in [5.41, 5.74) is 9.12. The van der Waals surface area contributed by atoms with Gasteiger partial charge in [0.25, 0.3) is 0 Å². The molecule has 1 aromatic carbocycles. The van der Waals surface area contributed by atoms with Crippen molar-refractivity contribution in [1.82, 2.24) is 15.0 Å². The van der Waals surface area contributed by atoms with Gasteiger partial charge < -0.3 is 5.73 Å². The minimum atomic E-state index is -0.251. The summed E-state index contributed by atoms with van der Waals surface area (Å²) < 4.78 is 14.6. The maximum atomic E-state index is 12.9. The molecule has 5 heteroatoms. The first-order valence-electron chi connectivity index (χ1n) is 6.30. The van der Waals surface area contributed by atoms with Crippen molar-refractivity contribution in [2.75, 3.05) is 0 Å². The van der Waals surface area contributed by atoms with Gasteiger partial charge in [-0.1, -0.05) is 35.6 Å². The van der Waals surface area contributed by atoms with E-state index in [0.717, 1.165) is 22.5 Å². The molecular formula is C15H17FN4. The molecule has 2 rings (SSSR count). The van der Waals surface area contributed by atoms with E-state index in [4.69, 9.17) is 5.73 Å². The minimum Gasteiger partial charge on any atom is -0.325 e. The van der Waals surface area contributed by atoms with Gasteiger partial charge in [-0.3, -0.25) is 0 Å². The number of nitrogens with two attached hydrogens (primary N) is 1. The van der Waals surface area contributed by atoms with Crippen molar-refractivity contribution in [1.29, 1.82) is 0 Å². The van der Waals surface area contributed by atoms with Crippen molar-refractivity contribution < 1.29 is 4.39 Å². The molecule has 0 saturated carbocycles. The summed E-state index contributed by atoms with van der Waals surface area (Å²) >= 11 is 0. The molecule has 1 aromatic heterocycles. The van der Waals surface area contributed by atoms with Crippen molar-refractivity contribution in [3.63, 3.8) is 0 Å². The molecule has 0 amide bonds. The zero-order chi connectivity index (χ0) is 14.5. The smallest absolute Gasteiger partial charge is 0.123 e. The molecule has 4 nitrogen and oxygen atoms in total. The van der Waals surface area contributed by atoms with Gasteiger partial charge in [-0.15, -0.1) is 5.10 Å². The molecule has 0 bridgehead atoms. The highest BCUT2D eigenvalue weighted by molar-refractivity contribution is 5.68. The Morgan fingerprint density at radius 2 is 2.05 bits per heavy atom. The largest absolute Gasteiger partial charge is 0.325 e. The highest BCUT2D eigenvalue weighted by Crippen LogP contribution is 2.13. The van der Waals surface area contributed by atoms with Gasteiger partial charge in [-0.25, -0.2) is 9.07 Å². The SMILES string of the molecule is C=C(C)Cn1nnc(CN)c1/C=C/c1ccc(F)cc1. The van der Waals surface area contributed by atoms with Crippen molar-refractivity contribution in [3.8, 4) is 0 Å². The van der Waals surface area contributed by atoms with Crippen LogP contribution in [0.15, 0.2) is 36.4 Å². The molecule has 0 aliphatic carbocycles. The monoisotopic (exact) mass is 272 g/mol. The molecule has 0 aliphatic rings. The Labute approximate surface area is 117 Å². The lowest BCUT2D eigenvalue weighted by Gasteiger charge is -2.03. The van der Waals surface area contributed by atoms with Gasteiger partial charge >= 0.3 is 0 Å². The van der Waals surface area contributed by atoms with E-state index in [2.05, 4.69) is 16.9 Å². The van der Waals surface area contributed by atoms with E-state index in [1.54, 1.807) is 16.8 Å². The lowest BCUT2D eigenvalue weighted by atomic mass is 10.2. The predicted octanol–water partition coefficient (Wildman–Crippen LogP) is 2.62. The third-order valence-corrected chi connectivity index (χ3v) is 2.76. The predicted molar refractivity (Wildman–Crippen MR) is 78.1 cm³/mol. The van der Waals surface area contributed by atoms with Crippen LogP contribution in [0.4, 0.5) is 4.39 Å². The third kappa shape index (κ3) is 3.39. The van der Waals surface area contributed by atoms with Crippen LogP contribution in [0.5, 0.6) is 0 Å². The fourth-order valence-electron chi connectivity index (χ4n) is 1.81.